The van der Waals surface area contributed by atoms with Gasteiger partial charge in [-0.1, -0.05) is 55.4 Å². The summed E-state index contributed by atoms with van der Waals surface area (Å²) in [6.45, 7) is 8.85. The molecule has 3 aromatic rings. The molecule has 1 N–H and O–H groups in total. The van der Waals surface area contributed by atoms with E-state index in [1.807, 2.05) is 31.2 Å². The van der Waals surface area contributed by atoms with Gasteiger partial charge in [0.1, 0.15) is 0 Å². The van der Waals surface area contributed by atoms with Gasteiger partial charge in [-0.15, -0.1) is 5.10 Å². The monoisotopic (exact) mass is 450 g/mol. The molecule has 1 aliphatic rings. The van der Waals surface area contributed by atoms with Gasteiger partial charge in [0.25, 0.3) is 5.91 Å². The second-order valence-corrected chi connectivity index (χ2v) is 10.5. The van der Waals surface area contributed by atoms with Crippen LogP contribution in [0.25, 0.3) is 5.69 Å². The summed E-state index contributed by atoms with van der Waals surface area (Å²) in [5.74, 6) is 0.903. The van der Waals surface area contributed by atoms with Gasteiger partial charge in [0.05, 0.1) is 11.4 Å². The molecular formula is C24H30N6OS. The minimum atomic E-state index is -0.164. The molecule has 0 saturated heterocycles. The predicted octanol–water partition coefficient (Wildman–Crippen LogP) is 4.60. The Kier molecular flexibility index (Phi) is 6.60. The normalized spacial score (nSPS) is 20.1. The minimum Gasteiger partial charge on any atom is -0.348 e. The Bertz CT molecular complexity index is 1060. The van der Waals surface area contributed by atoms with E-state index in [0.717, 1.165) is 29.8 Å². The fourth-order valence-corrected chi connectivity index (χ4v) is 5.50. The molecule has 1 amide bonds. The maximum absolute atomic E-state index is 13.3. The summed E-state index contributed by atoms with van der Waals surface area (Å²) in [6.07, 6.45) is 6.57. The van der Waals surface area contributed by atoms with E-state index in [2.05, 4.69) is 46.4 Å². The summed E-state index contributed by atoms with van der Waals surface area (Å²) in [6, 6.07) is 9.96. The third-order valence-corrected chi connectivity index (χ3v) is 6.75. The van der Waals surface area contributed by atoms with E-state index in [4.69, 9.17) is 0 Å². The molecule has 2 heterocycles. The van der Waals surface area contributed by atoms with Crippen LogP contribution in [-0.2, 0) is 5.75 Å². The van der Waals surface area contributed by atoms with E-state index in [-0.39, 0.29) is 17.4 Å². The molecule has 2 unspecified atom stereocenters. The first-order chi connectivity index (χ1) is 15.3. The second kappa shape index (κ2) is 9.40. The topological polar surface area (TPSA) is 85.6 Å². The molecule has 168 valence electrons. The third-order valence-electron chi connectivity index (χ3n) is 5.86. The maximum atomic E-state index is 13.3. The number of amides is 1. The van der Waals surface area contributed by atoms with E-state index in [0.29, 0.717) is 22.5 Å². The zero-order valence-electron chi connectivity index (χ0n) is 19.1. The van der Waals surface area contributed by atoms with E-state index in [1.165, 1.54) is 18.2 Å². The second-order valence-electron chi connectivity index (χ2n) is 9.54. The Balaban J connectivity index is 1.60. The highest BCUT2D eigenvalue weighted by atomic mass is 32.2. The lowest BCUT2D eigenvalue weighted by Gasteiger charge is -2.39. The van der Waals surface area contributed by atoms with Crippen LogP contribution < -0.4 is 5.32 Å². The quantitative estimate of drug-likeness (QED) is 0.436. The number of hydrogen-bond acceptors (Lipinski definition) is 6. The van der Waals surface area contributed by atoms with Gasteiger partial charge in [-0.25, -0.2) is 14.6 Å². The Morgan fingerprint density at radius 3 is 2.59 bits per heavy atom. The fraction of sp³-hybridized carbons (Fsp3) is 0.458. The van der Waals surface area contributed by atoms with Crippen molar-refractivity contribution in [3.8, 4) is 5.69 Å². The van der Waals surface area contributed by atoms with Crippen molar-refractivity contribution in [2.45, 2.75) is 63.9 Å². The zero-order valence-corrected chi connectivity index (χ0v) is 19.9. The fourth-order valence-electron chi connectivity index (χ4n) is 4.70. The molecule has 2 atom stereocenters. The summed E-state index contributed by atoms with van der Waals surface area (Å²) in [5.41, 5.74) is 3.36. The minimum absolute atomic E-state index is 0.142. The number of benzene rings is 1. The van der Waals surface area contributed by atoms with Gasteiger partial charge in [0.2, 0.25) is 0 Å². The lowest BCUT2D eigenvalue weighted by Crippen LogP contribution is -2.43. The first kappa shape index (κ1) is 22.5. The van der Waals surface area contributed by atoms with Crippen LogP contribution in [0.1, 0.15) is 61.8 Å². The standard InChI is InChI=1S/C24H30N6OS/c1-16-6-8-19(9-7-16)30-20(15-32-23-25-10-5-11-26-23)21(28-29-30)22(31)27-18-12-17(2)13-24(3,4)14-18/h5-11,17-18H,12-15H2,1-4H3,(H,27,31). The average Bonchev–Trinajstić information content (AvgIpc) is 3.16. The number of aryl methyl sites for hydroxylation is 1. The number of carbonyl (C=O) groups excluding carboxylic acids is 1. The lowest BCUT2D eigenvalue weighted by atomic mass is 9.70. The summed E-state index contributed by atoms with van der Waals surface area (Å²) in [7, 11) is 0. The Hall–Kier alpha value is -2.74. The Morgan fingerprint density at radius 2 is 1.91 bits per heavy atom. The van der Waals surface area contributed by atoms with Crippen molar-refractivity contribution in [1.82, 2.24) is 30.3 Å². The maximum Gasteiger partial charge on any atom is 0.274 e. The third kappa shape index (κ3) is 5.35. The molecule has 1 aliphatic carbocycles. The molecule has 8 heteroatoms. The smallest absolute Gasteiger partial charge is 0.274 e. The summed E-state index contributed by atoms with van der Waals surface area (Å²) < 4.78 is 1.75. The van der Waals surface area contributed by atoms with Crippen molar-refractivity contribution in [2.75, 3.05) is 0 Å². The molecule has 0 radical (unpaired) electrons. The molecule has 0 aliphatic heterocycles. The molecule has 2 aromatic heterocycles. The van der Waals surface area contributed by atoms with Gasteiger partial charge in [-0.05, 0) is 55.7 Å². The van der Waals surface area contributed by atoms with Crippen molar-refractivity contribution >= 4 is 17.7 Å². The SMILES string of the molecule is Cc1ccc(-n2nnc(C(=O)NC3CC(C)CC(C)(C)C3)c2CSc2ncccn2)cc1. The molecule has 7 nitrogen and oxygen atoms in total. The zero-order chi connectivity index (χ0) is 22.7. The van der Waals surface area contributed by atoms with Crippen LogP contribution >= 0.6 is 11.8 Å². The highest BCUT2D eigenvalue weighted by molar-refractivity contribution is 7.98. The Morgan fingerprint density at radius 1 is 1.19 bits per heavy atom. The van der Waals surface area contributed by atoms with Crippen LogP contribution in [0.5, 0.6) is 0 Å². The molecule has 0 bridgehead atoms. The van der Waals surface area contributed by atoms with E-state index < -0.39 is 0 Å². The van der Waals surface area contributed by atoms with Gasteiger partial charge >= 0.3 is 0 Å². The average molecular weight is 451 g/mol. The number of nitrogens with zero attached hydrogens (tertiary/aromatic N) is 5. The molecule has 4 rings (SSSR count). The van der Waals surface area contributed by atoms with Crippen LogP contribution in [0.4, 0.5) is 0 Å². The first-order valence-corrected chi connectivity index (χ1v) is 12.0. The molecule has 32 heavy (non-hydrogen) atoms. The largest absolute Gasteiger partial charge is 0.348 e. The van der Waals surface area contributed by atoms with Gasteiger partial charge in [0, 0.05) is 24.2 Å². The van der Waals surface area contributed by atoms with Crippen molar-refractivity contribution < 1.29 is 4.79 Å². The number of aromatic nitrogens is 5. The molecular weight excluding hydrogens is 420 g/mol. The number of hydrogen-bond donors (Lipinski definition) is 1. The molecule has 1 saturated carbocycles. The van der Waals surface area contributed by atoms with Crippen LogP contribution in [-0.4, -0.2) is 36.9 Å². The number of rotatable bonds is 6. The van der Waals surface area contributed by atoms with Crippen LogP contribution in [0.3, 0.4) is 0 Å². The predicted molar refractivity (Wildman–Crippen MR) is 126 cm³/mol. The van der Waals surface area contributed by atoms with E-state index in [9.17, 15) is 4.79 Å². The number of nitrogens with one attached hydrogen (secondary N) is 1. The Labute approximate surface area is 193 Å². The molecule has 0 spiro atoms. The summed E-state index contributed by atoms with van der Waals surface area (Å²) in [4.78, 5) is 21.9. The first-order valence-electron chi connectivity index (χ1n) is 11.0. The van der Waals surface area contributed by atoms with Gasteiger partial charge in [-0.2, -0.15) is 0 Å². The van der Waals surface area contributed by atoms with Gasteiger partial charge in [-0.3, -0.25) is 4.79 Å². The van der Waals surface area contributed by atoms with Crippen LogP contribution in [0.15, 0.2) is 47.9 Å². The van der Waals surface area contributed by atoms with Gasteiger partial charge < -0.3 is 5.32 Å². The lowest BCUT2D eigenvalue weighted by molar-refractivity contribution is 0.0868. The van der Waals surface area contributed by atoms with Crippen molar-refractivity contribution in [3.05, 3.63) is 59.7 Å². The van der Waals surface area contributed by atoms with Gasteiger partial charge in [0.15, 0.2) is 10.9 Å². The summed E-state index contributed by atoms with van der Waals surface area (Å²) >= 11 is 1.46. The van der Waals surface area contributed by atoms with Crippen LogP contribution in [0, 0.1) is 18.3 Å². The van der Waals surface area contributed by atoms with E-state index in [1.54, 1.807) is 23.1 Å². The summed E-state index contributed by atoms with van der Waals surface area (Å²) in [5, 5.41) is 12.5. The molecule has 1 aromatic carbocycles. The number of thioether (sulfide) groups is 1. The van der Waals surface area contributed by atoms with Crippen LogP contribution in [0.2, 0.25) is 0 Å². The van der Waals surface area contributed by atoms with E-state index >= 15 is 0 Å². The van der Waals surface area contributed by atoms with Crippen molar-refractivity contribution in [2.24, 2.45) is 11.3 Å². The van der Waals surface area contributed by atoms with Crippen molar-refractivity contribution in [1.29, 1.82) is 0 Å². The highest BCUT2D eigenvalue weighted by Crippen LogP contribution is 2.38. The van der Waals surface area contributed by atoms with Crippen molar-refractivity contribution in [3.63, 3.8) is 0 Å². The number of carbonyl (C=O) groups is 1. The molecule has 1 fully saturated rings. The highest BCUT2D eigenvalue weighted by Gasteiger charge is 2.33.